The minimum absolute atomic E-state index is 0.0377. The van der Waals surface area contributed by atoms with Crippen LogP contribution < -0.4 is 19.5 Å². The predicted octanol–water partition coefficient (Wildman–Crippen LogP) is 3.61. The van der Waals surface area contributed by atoms with Crippen molar-refractivity contribution in [2.45, 2.75) is 4.90 Å². The van der Waals surface area contributed by atoms with E-state index in [2.05, 4.69) is 20.0 Å². The lowest BCUT2D eigenvalue weighted by atomic mass is 10.3. The zero-order chi connectivity index (χ0) is 22.4. The number of hydrogen-bond acceptors (Lipinski definition) is 7. The van der Waals surface area contributed by atoms with Crippen molar-refractivity contribution in [3.63, 3.8) is 0 Å². The highest BCUT2D eigenvalue weighted by Gasteiger charge is 2.18. The monoisotopic (exact) mass is 482 g/mol. The number of methoxy groups -OCH3 is 1. The Kier molecular flexibility index (Phi) is 7.16. The summed E-state index contributed by atoms with van der Waals surface area (Å²) in [4.78, 5) is 19.8. The van der Waals surface area contributed by atoms with Gasteiger partial charge in [-0.2, -0.15) is 0 Å². The molecule has 3 aromatic rings. The Bertz CT molecular complexity index is 1190. The van der Waals surface area contributed by atoms with Gasteiger partial charge < -0.3 is 14.8 Å². The molecule has 0 aliphatic rings. The van der Waals surface area contributed by atoms with Gasteiger partial charge in [-0.25, -0.2) is 18.4 Å². The SMILES string of the molecule is COc1nccnc1NS(=O)(=O)c1ccc(NC(=O)COc2ccc(Cl)cc2Cl)cc1. The molecule has 0 aliphatic carbocycles. The Hall–Kier alpha value is -3.08. The van der Waals surface area contributed by atoms with Gasteiger partial charge >= 0.3 is 0 Å². The second kappa shape index (κ2) is 9.82. The molecule has 0 saturated carbocycles. The number of carbonyl (C=O) groups is 1. The number of nitrogens with one attached hydrogen (secondary N) is 2. The molecule has 1 aromatic heterocycles. The maximum Gasteiger partial charge on any atom is 0.263 e. The van der Waals surface area contributed by atoms with Crippen LogP contribution in [0.2, 0.25) is 10.0 Å². The molecule has 9 nitrogen and oxygen atoms in total. The molecular formula is C19H16Cl2N4O5S. The van der Waals surface area contributed by atoms with Crippen molar-refractivity contribution in [2.24, 2.45) is 0 Å². The normalized spacial score (nSPS) is 10.9. The fourth-order valence-corrected chi connectivity index (χ4v) is 3.85. The lowest BCUT2D eigenvalue weighted by molar-refractivity contribution is -0.118. The zero-order valence-corrected chi connectivity index (χ0v) is 18.3. The Morgan fingerprint density at radius 3 is 2.45 bits per heavy atom. The summed E-state index contributed by atoms with van der Waals surface area (Å²) < 4.78 is 37.8. The number of sulfonamides is 1. The molecule has 0 bridgehead atoms. The number of amides is 1. The van der Waals surface area contributed by atoms with Gasteiger partial charge in [-0.15, -0.1) is 0 Å². The van der Waals surface area contributed by atoms with Gasteiger partial charge in [-0.3, -0.25) is 9.52 Å². The van der Waals surface area contributed by atoms with E-state index < -0.39 is 15.9 Å². The fraction of sp³-hybridized carbons (Fsp3) is 0.105. The zero-order valence-electron chi connectivity index (χ0n) is 16.0. The van der Waals surface area contributed by atoms with E-state index in [-0.39, 0.29) is 28.2 Å². The third kappa shape index (κ3) is 5.97. The van der Waals surface area contributed by atoms with Crippen molar-refractivity contribution in [1.29, 1.82) is 0 Å². The molecule has 0 radical (unpaired) electrons. The van der Waals surface area contributed by atoms with E-state index in [1.54, 1.807) is 12.1 Å². The van der Waals surface area contributed by atoms with E-state index in [0.717, 1.165) is 0 Å². The van der Waals surface area contributed by atoms with Gasteiger partial charge in [0.1, 0.15) is 5.75 Å². The van der Waals surface area contributed by atoms with Crippen molar-refractivity contribution in [3.05, 3.63) is 64.9 Å². The van der Waals surface area contributed by atoms with E-state index in [9.17, 15) is 13.2 Å². The molecule has 0 spiro atoms. The summed E-state index contributed by atoms with van der Waals surface area (Å²) in [7, 11) is -2.59. The van der Waals surface area contributed by atoms with E-state index in [1.165, 1.54) is 49.8 Å². The third-order valence-electron chi connectivity index (χ3n) is 3.79. The fourth-order valence-electron chi connectivity index (χ4n) is 2.38. The van der Waals surface area contributed by atoms with Crippen molar-refractivity contribution in [1.82, 2.24) is 9.97 Å². The number of rotatable bonds is 8. The maximum atomic E-state index is 12.6. The molecule has 0 saturated heterocycles. The van der Waals surface area contributed by atoms with Crippen molar-refractivity contribution >= 4 is 50.6 Å². The molecular weight excluding hydrogens is 467 g/mol. The van der Waals surface area contributed by atoms with E-state index in [1.807, 2.05) is 0 Å². The molecule has 1 heterocycles. The molecule has 12 heteroatoms. The highest BCUT2D eigenvalue weighted by molar-refractivity contribution is 7.92. The number of benzene rings is 2. The first-order valence-electron chi connectivity index (χ1n) is 8.64. The Balaban J connectivity index is 1.62. The molecule has 0 atom stereocenters. The van der Waals surface area contributed by atoms with E-state index >= 15 is 0 Å². The number of anilines is 2. The minimum atomic E-state index is -3.94. The first kappa shape index (κ1) is 22.6. The largest absolute Gasteiger partial charge is 0.482 e. The molecule has 0 aliphatic heterocycles. The molecule has 2 N–H and O–H groups in total. The molecule has 162 valence electrons. The van der Waals surface area contributed by atoms with Crippen LogP contribution in [0.5, 0.6) is 11.6 Å². The van der Waals surface area contributed by atoms with Gasteiger partial charge in [0.15, 0.2) is 6.61 Å². The third-order valence-corrected chi connectivity index (χ3v) is 5.68. The van der Waals surface area contributed by atoms with Crippen LogP contribution in [-0.2, 0) is 14.8 Å². The number of hydrogen-bond donors (Lipinski definition) is 2. The van der Waals surface area contributed by atoms with Gasteiger partial charge in [0.05, 0.1) is 17.0 Å². The number of aromatic nitrogens is 2. The maximum absolute atomic E-state index is 12.6. The van der Waals surface area contributed by atoms with Crippen LogP contribution in [0.25, 0.3) is 0 Å². The Morgan fingerprint density at radius 1 is 1.06 bits per heavy atom. The highest BCUT2D eigenvalue weighted by Crippen LogP contribution is 2.27. The van der Waals surface area contributed by atoms with Crippen LogP contribution in [0.4, 0.5) is 11.5 Å². The molecule has 1 amide bonds. The summed E-state index contributed by atoms with van der Waals surface area (Å²) in [6.45, 7) is -0.296. The summed E-state index contributed by atoms with van der Waals surface area (Å²) in [5.41, 5.74) is 0.381. The lowest BCUT2D eigenvalue weighted by Gasteiger charge is -2.11. The van der Waals surface area contributed by atoms with Gasteiger partial charge in [-0.1, -0.05) is 23.2 Å². The summed E-state index contributed by atoms with van der Waals surface area (Å²) in [6.07, 6.45) is 2.71. The average molecular weight is 483 g/mol. The van der Waals surface area contributed by atoms with Gasteiger partial charge in [-0.05, 0) is 42.5 Å². The molecule has 31 heavy (non-hydrogen) atoms. The first-order chi connectivity index (χ1) is 14.8. The topological polar surface area (TPSA) is 120 Å². The van der Waals surface area contributed by atoms with E-state index in [4.69, 9.17) is 32.7 Å². The standard InChI is InChI=1S/C19H16Cl2N4O5S/c1-29-19-18(22-8-9-23-19)25-31(27,28)14-5-3-13(4-6-14)24-17(26)11-30-16-7-2-12(20)10-15(16)21/h2-10H,11H2,1H3,(H,22,25)(H,24,26). The van der Waals surface area contributed by atoms with Gasteiger partial charge in [0.25, 0.3) is 21.8 Å². The number of ether oxygens (including phenoxy) is 2. The van der Waals surface area contributed by atoms with Gasteiger partial charge in [0.2, 0.25) is 5.82 Å². The molecule has 3 rings (SSSR count). The summed E-state index contributed by atoms with van der Waals surface area (Å²) in [5.74, 6) is -0.145. The second-order valence-corrected chi connectivity index (χ2v) is 8.48. The van der Waals surface area contributed by atoms with Crippen LogP contribution in [0.15, 0.2) is 59.8 Å². The highest BCUT2D eigenvalue weighted by atomic mass is 35.5. The number of carbonyl (C=O) groups excluding carboxylic acids is 1. The van der Waals surface area contributed by atoms with E-state index in [0.29, 0.717) is 16.5 Å². The van der Waals surface area contributed by atoms with Gasteiger partial charge in [0, 0.05) is 23.1 Å². The minimum Gasteiger partial charge on any atom is -0.482 e. The molecule has 0 fully saturated rings. The Morgan fingerprint density at radius 2 is 1.77 bits per heavy atom. The molecule has 2 aromatic carbocycles. The average Bonchev–Trinajstić information content (AvgIpc) is 2.73. The van der Waals surface area contributed by atoms with Crippen LogP contribution in [0, 0.1) is 0 Å². The number of nitrogens with zero attached hydrogens (tertiary/aromatic N) is 2. The quantitative estimate of drug-likeness (QED) is 0.502. The predicted molar refractivity (Wildman–Crippen MR) is 116 cm³/mol. The van der Waals surface area contributed by atoms with Crippen molar-refractivity contribution in [3.8, 4) is 11.6 Å². The summed E-state index contributed by atoms with van der Waals surface area (Å²) in [5, 5.41) is 3.33. The molecule has 0 unspecified atom stereocenters. The van der Waals surface area contributed by atoms with Crippen LogP contribution in [0.1, 0.15) is 0 Å². The lowest BCUT2D eigenvalue weighted by Crippen LogP contribution is -2.20. The first-order valence-corrected chi connectivity index (χ1v) is 10.9. The number of halogens is 2. The van der Waals surface area contributed by atoms with Crippen molar-refractivity contribution < 1.29 is 22.7 Å². The summed E-state index contributed by atoms with van der Waals surface area (Å²) in [6, 6.07) is 10.2. The van der Waals surface area contributed by atoms with Crippen LogP contribution in [0.3, 0.4) is 0 Å². The Labute approximate surface area is 188 Å². The van der Waals surface area contributed by atoms with Crippen LogP contribution in [-0.4, -0.2) is 38.0 Å². The van der Waals surface area contributed by atoms with Crippen LogP contribution >= 0.6 is 23.2 Å². The smallest absolute Gasteiger partial charge is 0.263 e. The second-order valence-electron chi connectivity index (χ2n) is 5.96. The van der Waals surface area contributed by atoms with Crippen molar-refractivity contribution in [2.75, 3.05) is 23.8 Å². The summed E-state index contributed by atoms with van der Waals surface area (Å²) >= 11 is 11.8.